The van der Waals surface area contributed by atoms with Crippen LogP contribution >= 0.6 is 0 Å². The van der Waals surface area contributed by atoms with Crippen LogP contribution in [-0.4, -0.2) is 47.4 Å². The number of hydrogen-bond acceptors (Lipinski definition) is 5. The Morgan fingerprint density at radius 2 is 2.00 bits per heavy atom. The van der Waals surface area contributed by atoms with E-state index in [2.05, 4.69) is 0 Å². The molecule has 0 unspecified atom stereocenters. The number of cyclic esters (lactones) is 1. The Kier molecular flexibility index (Phi) is 5.41. The van der Waals surface area contributed by atoms with Gasteiger partial charge < -0.3 is 14.6 Å². The van der Waals surface area contributed by atoms with Gasteiger partial charge in [0.2, 0.25) is 0 Å². The molecule has 0 bridgehead atoms. The van der Waals surface area contributed by atoms with Crippen molar-refractivity contribution in [3.63, 3.8) is 0 Å². The van der Waals surface area contributed by atoms with Gasteiger partial charge >= 0.3 is 18.0 Å². The number of nitrogens with zero attached hydrogens (tertiary/aromatic N) is 1. The summed E-state index contributed by atoms with van der Waals surface area (Å²) in [6.07, 6.45) is 4.94. The third-order valence-electron chi connectivity index (χ3n) is 4.03. The average molecular weight is 299 g/mol. The molecule has 1 N–H and O–H groups in total. The number of carboxylic acid groups (broad SMARTS) is 1. The number of hydrogen-bond donors (Lipinski definition) is 1. The highest BCUT2D eigenvalue weighted by molar-refractivity contribution is 5.84. The van der Waals surface area contributed by atoms with E-state index in [0.29, 0.717) is 12.5 Å². The van der Waals surface area contributed by atoms with Gasteiger partial charge in [-0.05, 0) is 25.2 Å². The molecule has 1 saturated heterocycles. The van der Waals surface area contributed by atoms with E-state index in [0.717, 1.165) is 25.7 Å². The fraction of sp³-hybridized carbons (Fsp3) is 0.786. The third kappa shape index (κ3) is 4.34. The lowest BCUT2D eigenvalue weighted by Gasteiger charge is -2.24. The summed E-state index contributed by atoms with van der Waals surface area (Å²) < 4.78 is 10.1. The van der Waals surface area contributed by atoms with Crippen molar-refractivity contribution >= 4 is 18.0 Å². The molecule has 1 heterocycles. The Labute approximate surface area is 123 Å². The van der Waals surface area contributed by atoms with Gasteiger partial charge in [0, 0.05) is 6.42 Å². The molecule has 1 aliphatic carbocycles. The molecule has 21 heavy (non-hydrogen) atoms. The first-order valence-electron chi connectivity index (χ1n) is 7.39. The number of esters is 1. The Morgan fingerprint density at radius 3 is 2.67 bits per heavy atom. The Bertz CT molecular complexity index is 404. The number of ether oxygens (including phenoxy) is 2. The quantitative estimate of drug-likeness (QED) is 0.777. The lowest BCUT2D eigenvalue weighted by Crippen LogP contribution is -2.39. The van der Waals surface area contributed by atoms with Crippen molar-refractivity contribution in [2.24, 2.45) is 5.92 Å². The number of rotatable bonds is 5. The van der Waals surface area contributed by atoms with Crippen LogP contribution in [0.5, 0.6) is 0 Å². The number of carbonyl (C=O) groups is 3. The maximum Gasteiger partial charge on any atom is 0.413 e. The fourth-order valence-electron chi connectivity index (χ4n) is 2.79. The Morgan fingerprint density at radius 1 is 1.29 bits per heavy atom. The van der Waals surface area contributed by atoms with Gasteiger partial charge in [-0.1, -0.05) is 19.3 Å². The van der Waals surface area contributed by atoms with Gasteiger partial charge in [-0.3, -0.25) is 9.69 Å². The molecular formula is C14H21NO6. The molecule has 0 radical (unpaired) electrons. The number of carbonyl (C=O) groups excluding carboxylic acids is 2. The molecule has 2 fully saturated rings. The first kappa shape index (κ1) is 15.6. The molecule has 2 rings (SSSR count). The molecule has 2 aliphatic rings. The molecule has 0 spiro atoms. The molecule has 1 atom stereocenters. The van der Waals surface area contributed by atoms with Crippen LogP contribution in [0.2, 0.25) is 0 Å². The second-order valence-corrected chi connectivity index (χ2v) is 5.59. The first-order valence-corrected chi connectivity index (χ1v) is 7.39. The van der Waals surface area contributed by atoms with Crippen LogP contribution in [0.15, 0.2) is 0 Å². The largest absolute Gasteiger partial charge is 0.481 e. The first-order chi connectivity index (χ1) is 10.1. The predicted molar refractivity (Wildman–Crippen MR) is 71.4 cm³/mol. The summed E-state index contributed by atoms with van der Waals surface area (Å²) in [6.45, 7) is 0.196. The lowest BCUT2D eigenvalue weighted by atomic mass is 9.90. The zero-order valence-electron chi connectivity index (χ0n) is 12.0. The van der Waals surface area contributed by atoms with Crippen LogP contribution in [0.3, 0.4) is 0 Å². The van der Waals surface area contributed by atoms with Crippen LogP contribution in [-0.2, 0) is 19.1 Å². The minimum absolute atomic E-state index is 0.0483. The number of carboxylic acids is 1. The molecule has 0 aromatic carbocycles. The van der Waals surface area contributed by atoms with Crippen molar-refractivity contribution in [2.75, 3.05) is 13.3 Å². The van der Waals surface area contributed by atoms with E-state index in [1.54, 1.807) is 0 Å². The average Bonchev–Trinajstić information content (AvgIpc) is 2.85. The summed E-state index contributed by atoms with van der Waals surface area (Å²) in [5.41, 5.74) is 0. The van der Waals surface area contributed by atoms with Crippen molar-refractivity contribution in [1.82, 2.24) is 4.90 Å². The van der Waals surface area contributed by atoms with Crippen molar-refractivity contribution < 1.29 is 29.0 Å². The second-order valence-electron chi connectivity index (χ2n) is 5.59. The van der Waals surface area contributed by atoms with Crippen molar-refractivity contribution in [2.45, 2.75) is 51.0 Å². The van der Waals surface area contributed by atoms with Gasteiger partial charge in [0.25, 0.3) is 0 Å². The molecule has 7 nitrogen and oxygen atoms in total. The molecule has 118 valence electrons. The molecule has 1 amide bonds. The van der Waals surface area contributed by atoms with Gasteiger partial charge in [0.1, 0.15) is 6.04 Å². The third-order valence-corrected chi connectivity index (χ3v) is 4.03. The van der Waals surface area contributed by atoms with Gasteiger partial charge in [0.15, 0.2) is 6.73 Å². The lowest BCUT2D eigenvalue weighted by molar-refractivity contribution is -0.140. The standard InChI is InChI=1S/C14H21NO6/c16-12(17)7-6-11-13(18)21-9-15(11)14(19)20-8-10-4-2-1-3-5-10/h10-11H,1-9H2,(H,16,17)/t11-/m0/s1. The van der Waals surface area contributed by atoms with E-state index < -0.39 is 24.1 Å². The molecule has 1 aliphatic heterocycles. The van der Waals surface area contributed by atoms with Crippen molar-refractivity contribution in [3.05, 3.63) is 0 Å². The Balaban J connectivity index is 1.81. The van der Waals surface area contributed by atoms with Crippen LogP contribution in [0.4, 0.5) is 4.79 Å². The highest BCUT2D eigenvalue weighted by Crippen LogP contribution is 2.24. The van der Waals surface area contributed by atoms with Gasteiger partial charge in [-0.25, -0.2) is 9.59 Å². The highest BCUT2D eigenvalue weighted by Gasteiger charge is 2.39. The van der Waals surface area contributed by atoms with E-state index in [9.17, 15) is 14.4 Å². The zero-order valence-corrected chi connectivity index (χ0v) is 12.0. The maximum atomic E-state index is 12.0. The minimum Gasteiger partial charge on any atom is -0.481 e. The normalized spacial score (nSPS) is 23.0. The summed E-state index contributed by atoms with van der Waals surface area (Å²) in [5.74, 6) is -1.18. The van der Waals surface area contributed by atoms with Gasteiger partial charge in [-0.2, -0.15) is 0 Å². The summed E-state index contributed by atoms with van der Waals surface area (Å²) in [5, 5.41) is 8.67. The van der Waals surface area contributed by atoms with Crippen LogP contribution in [0.1, 0.15) is 44.9 Å². The van der Waals surface area contributed by atoms with Crippen molar-refractivity contribution in [1.29, 1.82) is 0 Å². The monoisotopic (exact) mass is 299 g/mol. The van der Waals surface area contributed by atoms with E-state index in [-0.39, 0.29) is 19.6 Å². The second kappa shape index (κ2) is 7.28. The topological polar surface area (TPSA) is 93.1 Å². The summed E-state index contributed by atoms with van der Waals surface area (Å²) in [7, 11) is 0. The van der Waals surface area contributed by atoms with Crippen molar-refractivity contribution in [3.8, 4) is 0 Å². The maximum absolute atomic E-state index is 12.0. The van der Waals surface area contributed by atoms with Crippen LogP contribution in [0.25, 0.3) is 0 Å². The molecule has 0 aromatic rings. The minimum atomic E-state index is -1.01. The zero-order chi connectivity index (χ0) is 15.2. The Hall–Kier alpha value is -1.79. The molecular weight excluding hydrogens is 278 g/mol. The number of aliphatic carboxylic acids is 1. The highest BCUT2D eigenvalue weighted by atomic mass is 16.6. The van der Waals surface area contributed by atoms with E-state index in [1.807, 2.05) is 0 Å². The van der Waals surface area contributed by atoms with Gasteiger partial charge in [0.05, 0.1) is 6.61 Å². The molecule has 0 aromatic heterocycles. The SMILES string of the molecule is O=C(O)CC[C@H]1C(=O)OCN1C(=O)OCC1CCCCC1. The molecule has 1 saturated carbocycles. The summed E-state index contributed by atoms with van der Waals surface area (Å²) in [4.78, 5) is 35.3. The van der Waals surface area contributed by atoms with Gasteiger partial charge in [-0.15, -0.1) is 0 Å². The fourth-order valence-corrected chi connectivity index (χ4v) is 2.79. The van der Waals surface area contributed by atoms with E-state index in [4.69, 9.17) is 14.6 Å². The smallest absolute Gasteiger partial charge is 0.413 e. The van der Waals surface area contributed by atoms with Crippen LogP contribution in [0, 0.1) is 5.92 Å². The summed E-state index contributed by atoms with van der Waals surface area (Å²) >= 11 is 0. The van der Waals surface area contributed by atoms with E-state index >= 15 is 0 Å². The molecule has 7 heteroatoms. The summed E-state index contributed by atoms with van der Waals surface area (Å²) in [6, 6.07) is -0.847. The van der Waals surface area contributed by atoms with E-state index in [1.165, 1.54) is 11.3 Å². The number of amides is 1. The predicted octanol–water partition coefficient (Wildman–Crippen LogP) is 1.75. The van der Waals surface area contributed by atoms with Crippen LogP contribution < -0.4 is 0 Å².